The minimum absolute atomic E-state index is 0.265. The number of hydrogen-bond donors (Lipinski definition) is 1. The van der Waals surface area contributed by atoms with Crippen molar-refractivity contribution in [3.05, 3.63) is 34.0 Å². The van der Waals surface area contributed by atoms with E-state index in [2.05, 4.69) is 22.2 Å². The summed E-state index contributed by atoms with van der Waals surface area (Å²) in [5.41, 5.74) is 1.98. The number of ether oxygens (including phenoxy) is 1. The van der Waals surface area contributed by atoms with Crippen LogP contribution in [0.3, 0.4) is 0 Å². The third-order valence-electron chi connectivity index (χ3n) is 4.54. The average Bonchev–Trinajstić information content (AvgIpc) is 3.25. The molecular formula is C18H24N4O3S. The van der Waals surface area contributed by atoms with Crippen molar-refractivity contribution in [3.8, 4) is 0 Å². The first-order valence-electron chi connectivity index (χ1n) is 8.87. The molecule has 2 aromatic rings. The van der Waals surface area contributed by atoms with E-state index in [-0.39, 0.29) is 5.91 Å². The van der Waals surface area contributed by atoms with E-state index >= 15 is 0 Å². The molecule has 3 heterocycles. The smallest absolute Gasteiger partial charge is 0.341 e. The molecule has 0 spiro atoms. The maximum Gasteiger partial charge on any atom is 0.341 e. The second kappa shape index (κ2) is 8.01. The molecule has 0 bridgehead atoms. The van der Waals surface area contributed by atoms with Gasteiger partial charge in [0, 0.05) is 30.7 Å². The number of esters is 1. The Balaban J connectivity index is 1.91. The van der Waals surface area contributed by atoms with Gasteiger partial charge >= 0.3 is 5.97 Å². The van der Waals surface area contributed by atoms with E-state index in [1.807, 2.05) is 6.92 Å². The summed E-state index contributed by atoms with van der Waals surface area (Å²) in [7, 11) is 1.37. The van der Waals surface area contributed by atoms with Crippen LogP contribution >= 0.6 is 11.3 Å². The summed E-state index contributed by atoms with van der Waals surface area (Å²) in [6.45, 7) is 7.44. The standard InChI is InChI=1S/C18H24N4O3S/c1-4-9-21-10-7-12-14(11-21)26-17(15(12)18(24)25-3)20-16(23)13-6-8-19-22(13)5-2/h6,8H,4-5,7,9-11H2,1-3H3,(H,20,23). The van der Waals surface area contributed by atoms with Crippen LogP contribution in [0.25, 0.3) is 0 Å². The van der Waals surface area contributed by atoms with E-state index in [0.717, 1.165) is 42.9 Å². The molecular weight excluding hydrogens is 352 g/mol. The van der Waals surface area contributed by atoms with Crippen LogP contribution in [0, 0.1) is 0 Å². The number of aromatic nitrogens is 2. The molecule has 0 aromatic carbocycles. The van der Waals surface area contributed by atoms with Crippen molar-refractivity contribution in [2.45, 2.75) is 39.8 Å². The molecule has 0 fully saturated rings. The van der Waals surface area contributed by atoms with Crippen LogP contribution in [-0.4, -0.2) is 46.8 Å². The van der Waals surface area contributed by atoms with Gasteiger partial charge in [0.15, 0.2) is 0 Å². The summed E-state index contributed by atoms with van der Waals surface area (Å²) in [4.78, 5) is 28.5. The van der Waals surface area contributed by atoms with E-state index in [1.165, 1.54) is 18.4 Å². The Morgan fingerprint density at radius 1 is 1.38 bits per heavy atom. The summed E-state index contributed by atoms with van der Waals surface area (Å²) >= 11 is 1.47. The lowest BCUT2D eigenvalue weighted by atomic mass is 10.0. The number of rotatable bonds is 6. The van der Waals surface area contributed by atoms with Crippen LogP contribution in [0.15, 0.2) is 12.3 Å². The lowest BCUT2D eigenvalue weighted by Crippen LogP contribution is -2.30. The molecule has 3 rings (SSSR count). The van der Waals surface area contributed by atoms with Gasteiger partial charge in [-0.1, -0.05) is 6.92 Å². The summed E-state index contributed by atoms with van der Waals surface area (Å²) in [6.07, 6.45) is 3.48. The zero-order valence-corrected chi connectivity index (χ0v) is 16.2. The lowest BCUT2D eigenvalue weighted by molar-refractivity contribution is 0.0600. The maximum absolute atomic E-state index is 12.7. The van der Waals surface area contributed by atoms with Gasteiger partial charge in [0.2, 0.25) is 0 Å². The minimum atomic E-state index is -0.397. The molecule has 1 amide bonds. The van der Waals surface area contributed by atoms with Crippen LogP contribution in [-0.2, 0) is 24.2 Å². The van der Waals surface area contributed by atoms with E-state index in [9.17, 15) is 9.59 Å². The van der Waals surface area contributed by atoms with Crippen molar-refractivity contribution in [2.24, 2.45) is 0 Å². The van der Waals surface area contributed by atoms with Crippen molar-refractivity contribution in [1.82, 2.24) is 14.7 Å². The molecule has 0 saturated heterocycles. The number of fused-ring (bicyclic) bond motifs is 1. The SMILES string of the molecule is CCCN1CCc2c(sc(NC(=O)c3ccnn3CC)c2C(=O)OC)C1. The topological polar surface area (TPSA) is 76.5 Å². The van der Waals surface area contributed by atoms with Crippen molar-refractivity contribution < 1.29 is 14.3 Å². The average molecular weight is 376 g/mol. The fourth-order valence-electron chi connectivity index (χ4n) is 3.31. The van der Waals surface area contributed by atoms with Gasteiger partial charge in [0.05, 0.1) is 12.7 Å². The zero-order chi connectivity index (χ0) is 18.7. The molecule has 7 nitrogen and oxygen atoms in total. The fourth-order valence-corrected chi connectivity index (χ4v) is 4.59. The predicted molar refractivity (Wildman–Crippen MR) is 101 cm³/mol. The van der Waals surface area contributed by atoms with Crippen LogP contribution in [0.4, 0.5) is 5.00 Å². The molecule has 1 aliphatic rings. The number of hydrogen-bond acceptors (Lipinski definition) is 6. The Kier molecular flexibility index (Phi) is 5.73. The third-order valence-corrected chi connectivity index (χ3v) is 5.67. The molecule has 0 unspecified atom stereocenters. The number of thiophene rings is 1. The predicted octanol–water partition coefficient (Wildman–Crippen LogP) is 2.77. The van der Waals surface area contributed by atoms with Gasteiger partial charge < -0.3 is 10.1 Å². The van der Waals surface area contributed by atoms with Gasteiger partial charge in [-0.2, -0.15) is 5.10 Å². The highest BCUT2D eigenvalue weighted by Gasteiger charge is 2.29. The molecule has 1 N–H and O–H groups in total. The van der Waals surface area contributed by atoms with Gasteiger partial charge in [0.25, 0.3) is 5.91 Å². The number of aryl methyl sites for hydroxylation is 1. The maximum atomic E-state index is 12.7. The van der Waals surface area contributed by atoms with E-state index in [1.54, 1.807) is 16.9 Å². The van der Waals surface area contributed by atoms with Crippen LogP contribution in [0.5, 0.6) is 0 Å². The fraction of sp³-hybridized carbons (Fsp3) is 0.500. The molecule has 0 radical (unpaired) electrons. The van der Waals surface area contributed by atoms with Gasteiger partial charge in [-0.25, -0.2) is 4.79 Å². The minimum Gasteiger partial charge on any atom is -0.465 e. The highest BCUT2D eigenvalue weighted by Crippen LogP contribution is 2.37. The Hall–Kier alpha value is -2.19. The molecule has 0 atom stereocenters. The van der Waals surface area contributed by atoms with Gasteiger partial charge in [0.1, 0.15) is 10.7 Å². The number of nitrogens with zero attached hydrogens (tertiary/aromatic N) is 3. The van der Waals surface area contributed by atoms with Gasteiger partial charge in [-0.3, -0.25) is 14.4 Å². The zero-order valence-electron chi connectivity index (χ0n) is 15.4. The normalized spacial score (nSPS) is 14.1. The molecule has 2 aromatic heterocycles. The quantitative estimate of drug-likeness (QED) is 0.785. The summed E-state index contributed by atoms with van der Waals surface area (Å²) in [5.74, 6) is -0.663. The van der Waals surface area contributed by atoms with Crippen molar-refractivity contribution in [1.29, 1.82) is 0 Å². The number of nitrogens with one attached hydrogen (secondary N) is 1. The highest BCUT2D eigenvalue weighted by atomic mass is 32.1. The van der Waals surface area contributed by atoms with Crippen LogP contribution in [0.2, 0.25) is 0 Å². The number of carbonyl (C=O) groups is 2. The molecule has 140 valence electrons. The van der Waals surface area contributed by atoms with Crippen molar-refractivity contribution >= 4 is 28.2 Å². The second-order valence-corrected chi connectivity index (χ2v) is 7.32. The largest absolute Gasteiger partial charge is 0.465 e. The molecule has 0 saturated carbocycles. The van der Waals surface area contributed by atoms with Crippen molar-refractivity contribution in [3.63, 3.8) is 0 Å². The third kappa shape index (κ3) is 3.52. The van der Waals surface area contributed by atoms with E-state index in [4.69, 9.17) is 4.74 Å². The number of anilines is 1. The summed E-state index contributed by atoms with van der Waals surface area (Å²) in [5, 5.41) is 7.60. The number of carbonyl (C=O) groups excluding carboxylic acids is 2. The Labute approximate surface area is 156 Å². The lowest BCUT2D eigenvalue weighted by Gasteiger charge is -2.26. The van der Waals surface area contributed by atoms with Crippen LogP contribution < -0.4 is 5.32 Å². The molecule has 1 aliphatic heterocycles. The Morgan fingerprint density at radius 3 is 2.88 bits per heavy atom. The van der Waals surface area contributed by atoms with Crippen LogP contribution in [0.1, 0.15) is 51.6 Å². The molecule has 8 heteroatoms. The first-order chi connectivity index (χ1) is 12.6. The Morgan fingerprint density at radius 2 is 2.19 bits per heavy atom. The monoisotopic (exact) mass is 376 g/mol. The molecule has 0 aliphatic carbocycles. The van der Waals surface area contributed by atoms with Crippen molar-refractivity contribution in [2.75, 3.05) is 25.5 Å². The first-order valence-corrected chi connectivity index (χ1v) is 9.69. The Bertz CT molecular complexity index is 811. The van der Waals surface area contributed by atoms with E-state index in [0.29, 0.717) is 22.8 Å². The van der Waals surface area contributed by atoms with E-state index < -0.39 is 5.97 Å². The number of methoxy groups -OCH3 is 1. The second-order valence-electron chi connectivity index (χ2n) is 6.21. The highest BCUT2D eigenvalue weighted by molar-refractivity contribution is 7.17. The summed E-state index contributed by atoms with van der Waals surface area (Å²) < 4.78 is 6.61. The molecule has 26 heavy (non-hydrogen) atoms. The number of amides is 1. The van der Waals surface area contributed by atoms with Gasteiger partial charge in [-0.15, -0.1) is 11.3 Å². The summed E-state index contributed by atoms with van der Waals surface area (Å²) in [6, 6.07) is 1.67. The first kappa shape index (κ1) is 18.6. The van der Waals surface area contributed by atoms with Gasteiger partial charge in [-0.05, 0) is 37.9 Å².